The van der Waals surface area contributed by atoms with Crippen LogP contribution in [0.1, 0.15) is 81.7 Å². The molecule has 0 radical (unpaired) electrons. The van der Waals surface area contributed by atoms with Crippen molar-refractivity contribution in [1.29, 1.82) is 0 Å². The first kappa shape index (κ1) is 18.6. The van der Waals surface area contributed by atoms with Gasteiger partial charge in [-0.25, -0.2) is 0 Å². The quantitative estimate of drug-likeness (QED) is 0.810. The lowest BCUT2D eigenvalue weighted by atomic mass is 9.77. The standard InChI is InChI=1S/C22H33N3O2/c1-17(2)24-13-6-10-19(24)20(26)23-15-12-22(16-23)11-7-14-25(21(22)27)18-8-4-3-5-9-18/h6,10,13,17-18H,3-5,7-9,11-12,14-16H2,1-2H3/t22-/m1/s1. The molecule has 27 heavy (non-hydrogen) atoms. The van der Waals surface area contributed by atoms with E-state index < -0.39 is 0 Å². The Balaban J connectivity index is 1.49. The fraction of sp³-hybridized carbons (Fsp3) is 0.727. The van der Waals surface area contributed by atoms with Gasteiger partial charge >= 0.3 is 0 Å². The maximum Gasteiger partial charge on any atom is 0.270 e. The smallest absolute Gasteiger partial charge is 0.270 e. The van der Waals surface area contributed by atoms with Crippen molar-refractivity contribution in [2.45, 2.75) is 77.3 Å². The highest BCUT2D eigenvalue weighted by Gasteiger charge is 2.50. The lowest BCUT2D eigenvalue weighted by molar-refractivity contribution is -0.149. The van der Waals surface area contributed by atoms with Gasteiger partial charge in [0.25, 0.3) is 5.91 Å². The van der Waals surface area contributed by atoms with Crippen molar-refractivity contribution in [2.75, 3.05) is 19.6 Å². The summed E-state index contributed by atoms with van der Waals surface area (Å²) in [5.41, 5.74) is 0.412. The Kier molecular flexibility index (Phi) is 5.04. The van der Waals surface area contributed by atoms with Gasteiger partial charge in [0.05, 0.1) is 5.41 Å². The fourth-order valence-electron chi connectivity index (χ4n) is 5.45. The summed E-state index contributed by atoms with van der Waals surface area (Å²) in [5, 5.41) is 0. The van der Waals surface area contributed by atoms with Gasteiger partial charge in [0.15, 0.2) is 0 Å². The van der Waals surface area contributed by atoms with Crippen LogP contribution in [0.3, 0.4) is 0 Å². The maximum atomic E-state index is 13.5. The summed E-state index contributed by atoms with van der Waals surface area (Å²) < 4.78 is 2.03. The third-order valence-electron chi connectivity index (χ3n) is 6.98. The van der Waals surface area contributed by atoms with Gasteiger partial charge in [0.1, 0.15) is 5.69 Å². The molecule has 3 fully saturated rings. The number of rotatable bonds is 3. The average Bonchev–Trinajstić information content (AvgIpc) is 3.33. The Morgan fingerprint density at radius 3 is 2.63 bits per heavy atom. The molecule has 3 aliphatic rings. The van der Waals surface area contributed by atoms with Crippen LogP contribution in [-0.4, -0.2) is 51.9 Å². The van der Waals surface area contributed by atoms with Crippen molar-refractivity contribution < 1.29 is 9.59 Å². The van der Waals surface area contributed by atoms with Crippen molar-refractivity contribution in [3.8, 4) is 0 Å². The third-order valence-corrected chi connectivity index (χ3v) is 6.98. The lowest BCUT2D eigenvalue weighted by Crippen LogP contribution is -2.54. The molecule has 1 atom stereocenters. The summed E-state index contributed by atoms with van der Waals surface area (Å²) in [4.78, 5) is 30.7. The van der Waals surface area contributed by atoms with Crippen molar-refractivity contribution >= 4 is 11.8 Å². The number of piperidine rings is 1. The van der Waals surface area contributed by atoms with Crippen LogP contribution in [0.4, 0.5) is 0 Å². The van der Waals surface area contributed by atoms with Gasteiger partial charge in [-0.1, -0.05) is 19.3 Å². The average molecular weight is 372 g/mol. The van der Waals surface area contributed by atoms with E-state index in [0.29, 0.717) is 25.0 Å². The zero-order valence-electron chi connectivity index (χ0n) is 16.8. The number of carbonyl (C=O) groups excluding carboxylic acids is 2. The van der Waals surface area contributed by atoms with E-state index in [1.54, 1.807) is 0 Å². The number of hydrogen-bond acceptors (Lipinski definition) is 2. The second-order valence-corrected chi connectivity index (χ2v) is 9.05. The summed E-state index contributed by atoms with van der Waals surface area (Å²) in [7, 11) is 0. The van der Waals surface area contributed by atoms with Crippen LogP contribution >= 0.6 is 0 Å². The summed E-state index contributed by atoms with van der Waals surface area (Å²) in [6, 6.07) is 4.54. The molecule has 1 aliphatic carbocycles. The largest absolute Gasteiger partial charge is 0.341 e. The monoisotopic (exact) mass is 371 g/mol. The normalized spacial score (nSPS) is 27.1. The SMILES string of the molecule is CC(C)n1cccc1C(=O)N1CC[C@]2(CCCN(C3CCCCC3)C2=O)C1. The van der Waals surface area contributed by atoms with E-state index in [9.17, 15) is 9.59 Å². The first-order chi connectivity index (χ1) is 13.0. The van der Waals surface area contributed by atoms with Crippen LogP contribution in [0.25, 0.3) is 0 Å². The second-order valence-electron chi connectivity index (χ2n) is 9.05. The zero-order chi connectivity index (χ0) is 19.0. The Labute approximate surface area is 162 Å². The van der Waals surface area contributed by atoms with Crippen LogP contribution in [0.5, 0.6) is 0 Å². The number of carbonyl (C=O) groups is 2. The van der Waals surface area contributed by atoms with E-state index in [0.717, 1.165) is 44.3 Å². The van der Waals surface area contributed by atoms with Gasteiger partial charge in [0.2, 0.25) is 5.91 Å². The Bertz CT molecular complexity index is 704. The van der Waals surface area contributed by atoms with Gasteiger partial charge in [-0.15, -0.1) is 0 Å². The summed E-state index contributed by atoms with van der Waals surface area (Å²) in [6.07, 6.45) is 10.9. The Hall–Kier alpha value is -1.78. The zero-order valence-corrected chi connectivity index (χ0v) is 16.8. The minimum Gasteiger partial charge on any atom is -0.341 e. The van der Waals surface area contributed by atoms with Crippen LogP contribution < -0.4 is 0 Å². The molecular weight excluding hydrogens is 338 g/mol. The molecule has 0 aromatic carbocycles. The van der Waals surface area contributed by atoms with Crippen molar-refractivity contribution in [2.24, 2.45) is 5.41 Å². The van der Waals surface area contributed by atoms with E-state index in [1.807, 2.05) is 27.8 Å². The van der Waals surface area contributed by atoms with Gasteiger partial charge in [-0.2, -0.15) is 0 Å². The number of hydrogen-bond donors (Lipinski definition) is 0. The topological polar surface area (TPSA) is 45.6 Å². The predicted octanol–water partition coefficient (Wildman–Crippen LogP) is 3.86. The maximum absolute atomic E-state index is 13.5. The molecule has 1 saturated carbocycles. The summed E-state index contributed by atoms with van der Waals surface area (Å²) in [6.45, 7) is 6.39. The molecule has 5 nitrogen and oxygen atoms in total. The summed E-state index contributed by atoms with van der Waals surface area (Å²) in [5.74, 6) is 0.406. The molecule has 4 rings (SSSR count). The molecule has 5 heteroatoms. The van der Waals surface area contributed by atoms with E-state index in [1.165, 1.54) is 19.3 Å². The van der Waals surface area contributed by atoms with E-state index >= 15 is 0 Å². The van der Waals surface area contributed by atoms with E-state index in [4.69, 9.17) is 0 Å². The molecule has 2 aliphatic heterocycles. The van der Waals surface area contributed by atoms with E-state index in [2.05, 4.69) is 18.7 Å². The molecular formula is C22H33N3O2. The fourth-order valence-corrected chi connectivity index (χ4v) is 5.45. The van der Waals surface area contributed by atoms with Crippen LogP contribution in [0.2, 0.25) is 0 Å². The summed E-state index contributed by atoms with van der Waals surface area (Å²) >= 11 is 0. The van der Waals surface area contributed by atoms with Crippen LogP contribution in [0, 0.1) is 5.41 Å². The van der Waals surface area contributed by atoms with Crippen LogP contribution in [0.15, 0.2) is 18.3 Å². The predicted molar refractivity (Wildman–Crippen MR) is 106 cm³/mol. The first-order valence-corrected chi connectivity index (χ1v) is 10.8. The van der Waals surface area contributed by atoms with Gasteiger partial charge in [-0.05, 0) is 58.1 Å². The Morgan fingerprint density at radius 2 is 1.89 bits per heavy atom. The number of amides is 2. The van der Waals surface area contributed by atoms with Crippen molar-refractivity contribution in [3.63, 3.8) is 0 Å². The third kappa shape index (κ3) is 3.30. The number of nitrogens with zero attached hydrogens (tertiary/aromatic N) is 3. The first-order valence-electron chi connectivity index (χ1n) is 10.8. The molecule has 2 saturated heterocycles. The Morgan fingerprint density at radius 1 is 1.11 bits per heavy atom. The molecule has 148 valence electrons. The lowest BCUT2D eigenvalue weighted by Gasteiger charge is -2.44. The minimum atomic E-state index is -0.333. The molecule has 2 amide bonds. The number of aromatic nitrogens is 1. The van der Waals surface area contributed by atoms with Crippen molar-refractivity contribution in [1.82, 2.24) is 14.4 Å². The van der Waals surface area contributed by atoms with Gasteiger partial charge < -0.3 is 14.4 Å². The molecule has 0 N–H and O–H groups in total. The second kappa shape index (κ2) is 7.33. The minimum absolute atomic E-state index is 0.0770. The molecule has 0 bridgehead atoms. The number of likely N-dealkylation sites (tertiary alicyclic amines) is 2. The van der Waals surface area contributed by atoms with Crippen LogP contribution in [-0.2, 0) is 4.79 Å². The molecule has 1 spiro atoms. The van der Waals surface area contributed by atoms with Gasteiger partial charge in [0, 0.05) is 37.9 Å². The van der Waals surface area contributed by atoms with Crippen molar-refractivity contribution in [3.05, 3.63) is 24.0 Å². The highest BCUT2D eigenvalue weighted by molar-refractivity contribution is 5.94. The highest BCUT2D eigenvalue weighted by Crippen LogP contribution is 2.42. The molecule has 1 aromatic heterocycles. The highest BCUT2D eigenvalue weighted by atomic mass is 16.2. The van der Waals surface area contributed by atoms with Gasteiger partial charge in [-0.3, -0.25) is 9.59 Å². The van der Waals surface area contributed by atoms with E-state index in [-0.39, 0.29) is 17.4 Å². The molecule has 1 aromatic rings. The molecule has 0 unspecified atom stereocenters. The molecule has 3 heterocycles.